The van der Waals surface area contributed by atoms with Gasteiger partial charge in [-0.3, -0.25) is 4.79 Å². The Balaban J connectivity index is 1.98. The number of aryl methyl sites for hydroxylation is 1. The van der Waals surface area contributed by atoms with Gasteiger partial charge >= 0.3 is 6.18 Å². The van der Waals surface area contributed by atoms with Gasteiger partial charge in [0.15, 0.2) is 5.82 Å². The van der Waals surface area contributed by atoms with Crippen molar-refractivity contribution in [2.24, 2.45) is 0 Å². The molecule has 0 spiro atoms. The van der Waals surface area contributed by atoms with E-state index in [9.17, 15) is 18.0 Å². The van der Waals surface area contributed by atoms with Crippen molar-refractivity contribution in [3.8, 4) is 5.75 Å². The molecule has 0 fully saturated rings. The second-order valence-corrected chi connectivity index (χ2v) is 6.12. The Kier molecular flexibility index (Phi) is 5.08. The number of H-pyrrole nitrogens is 1. The summed E-state index contributed by atoms with van der Waals surface area (Å²) in [6, 6.07) is 4.75. The molecule has 0 radical (unpaired) electrons. The minimum atomic E-state index is -4.51. The number of anilines is 2. The minimum absolute atomic E-state index is 0.0155. The normalized spacial score (nSPS) is 11.5. The van der Waals surface area contributed by atoms with Crippen molar-refractivity contribution in [1.82, 2.24) is 25.1 Å². The first-order valence-corrected chi connectivity index (χ1v) is 8.12. The van der Waals surface area contributed by atoms with Crippen LogP contribution in [-0.4, -0.2) is 57.9 Å². The molecule has 0 bridgehead atoms. The standard InChI is InChI=1S/C17H17F3N6O2/c1-9-4-10(16(27)26(2)7-17(18,19)20)15(25-24-9)23-13-5-11-12(22-8-21-11)6-14(13)28-3/h4-6,8H,7H2,1-3H3,(H,21,22)(H,23,25). The summed E-state index contributed by atoms with van der Waals surface area (Å²) in [5.41, 5.74) is 2.17. The third-order valence-corrected chi connectivity index (χ3v) is 3.90. The van der Waals surface area contributed by atoms with E-state index in [0.717, 1.165) is 7.05 Å². The second-order valence-electron chi connectivity index (χ2n) is 6.12. The zero-order valence-corrected chi connectivity index (χ0v) is 15.3. The van der Waals surface area contributed by atoms with Gasteiger partial charge in [0.1, 0.15) is 12.3 Å². The van der Waals surface area contributed by atoms with Crippen LogP contribution < -0.4 is 10.1 Å². The molecule has 0 saturated heterocycles. The molecule has 2 N–H and O–H groups in total. The van der Waals surface area contributed by atoms with E-state index in [2.05, 4.69) is 25.5 Å². The molecule has 2 aromatic heterocycles. The minimum Gasteiger partial charge on any atom is -0.494 e. The fraction of sp³-hybridized carbons (Fsp3) is 0.294. The van der Waals surface area contributed by atoms with Crippen LogP contribution in [0.4, 0.5) is 24.7 Å². The molecule has 1 aromatic carbocycles. The highest BCUT2D eigenvalue weighted by molar-refractivity contribution is 5.99. The number of ether oxygens (including phenoxy) is 1. The summed E-state index contributed by atoms with van der Waals surface area (Å²) in [4.78, 5) is 20.2. The summed E-state index contributed by atoms with van der Waals surface area (Å²) in [5.74, 6) is -0.398. The van der Waals surface area contributed by atoms with Crippen molar-refractivity contribution in [3.05, 3.63) is 35.8 Å². The van der Waals surface area contributed by atoms with Gasteiger partial charge in [-0.25, -0.2) is 4.98 Å². The molecule has 0 aliphatic rings. The molecule has 0 saturated carbocycles. The molecule has 11 heteroatoms. The Labute approximate surface area is 157 Å². The monoisotopic (exact) mass is 394 g/mol. The van der Waals surface area contributed by atoms with Crippen molar-refractivity contribution in [2.45, 2.75) is 13.1 Å². The van der Waals surface area contributed by atoms with Gasteiger partial charge in [0, 0.05) is 13.1 Å². The maximum absolute atomic E-state index is 12.7. The summed E-state index contributed by atoms with van der Waals surface area (Å²) in [6.45, 7) is 0.213. The quantitative estimate of drug-likeness (QED) is 0.691. The van der Waals surface area contributed by atoms with Crippen molar-refractivity contribution >= 4 is 28.4 Å². The number of hydrogen-bond acceptors (Lipinski definition) is 6. The number of halogens is 3. The third kappa shape index (κ3) is 4.13. The van der Waals surface area contributed by atoms with Crippen LogP contribution in [-0.2, 0) is 0 Å². The molecule has 0 aliphatic heterocycles. The maximum atomic E-state index is 12.7. The van der Waals surface area contributed by atoms with Gasteiger partial charge in [0.05, 0.1) is 41.4 Å². The lowest BCUT2D eigenvalue weighted by Gasteiger charge is -2.20. The molecule has 8 nitrogen and oxygen atoms in total. The van der Waals surface area contributed by atoms with Crippen LogP contribution in [0, 0.1) is 6.92 Å². The molecule has 1 amide bonds. The Bertz CT molecular complexity index is 1020. The van der Waals surface area contributed by atoms with Crippen molar-refractivity contribution in [3.63, 3.8) is 0 Å². The largest absolute Gasteiger partial charge is 0.494 e. The van der Waals surface area contributed by atoms with E-state index in [-0.39, 0.29) is 11.4 Å². The van der Waals surface area contributed by atoms with Gasteiger partial charge in [-0.15, -0.1) is 5.10 Å². The predicted molar refractivity (Wildman–Crippen MR) is 95.7 cm³/mol. The lowest BCUT2D eigenvalue weighted by molar-refractivity contribution is -0.138. The summed E-state index contributed by atoms with van der Waals surface area (Å²) in [7, 11) is 2.54. The van der Waals surface area contributed by atoms with Gasteiger partial charge < -0.3 is 19.9 Å². The third-order valence-electron chi connectivity index (χ3n) is 3.90. The number of nitrogens with one attached hydrogen (secondary N) is 2. The number of aromatic amines is 1. The zero-order valence-electron chi connectivity index (χ0n) is 15.3. The molecule has 3 rings (SSSR count). The van der Waals surface area contributed by atoms with Gasteiger partial charge in [0.2, 0.25) is 0 Å². The molecule has 2 heterocycles. The average Bonchev–Trinajstić information content (AvgIpc) is 3.07. The zero-order chi connectivity index (χ0) is 20.5. The first-order valence-electron chi connectivity index (χ1n) is 8.12. The van der Waals surface area contributed by atoms with Gasteiger partial charge in [-0.05, 0) is 19.1 Å². The number of imidazole rings is 1. The van der Waals surface area contributed by atoms with Crippen LogP contribution in [0.2, 0.25) is 0 Å². The van der Waals surface area contributed by atoms with Crippen LogP contribution in [0.15, 0.2) is 24.5 Å². The Hall–Kier alpha value is -3.37. The van der Waals surface area contributed by atoms with Gasteiger partial charge in [-0.1, -0.05) is 0 Å². The molecule has 28 heavy (non-hydrogen) atoms. The molecule has 3 aromatic rings. The van der Waals surface area contributed by atoms with Crippen LogP contribution in [0.1, 0.15) is 16.1 Å². The number of benzene rings is 1. The van der Waals surface area contributed by atoms with Crippen molar-refractivity contribution < 1.29 is 22.7 Å². The second kappa shape index (κ2) is 7.33. The topological polar surface area (TPSA) is 96.0 Å². The fourth-order valence-corrected chi connectivity index (χ4v) is 2.65. The number of amides is 1. The Morgan fingerprint density at radius 3 is 2.71 bits per heavy atom. The highest BCUT2D eigenvalue weighted by atomic mass is 19.4. The first-order chi connectivity index (χ1) is 13.2. The Morgan fingerprint density at radius 2 is 2.04 bits per heavy atom. The maximum Gasteiger partial charge on any atom is 0.406 e. The number of fused-ring (bicyclic) bond motifs is 1. The number of alkyl halides is 3. The van der Waals surface area contributed by atoms with Crippen LogP contribution in [0.25, 0.3) is 11.0 Å². The molecule has 0 unspecified atom stereocenters. The van der Waals surface area contributed by atoms with E-state index >= 15 is 0 Å². The molecule has 0 aliphatic carbocycles. The van der Waals surface area contributed by atoms with Crippen molar-refractivity contribution in [2.75, 3.05) is 26.0 Å². The number of methoxy groups -OCH3 is 1. The van der Waals surface area contributed by atoms with Gasteiger partial charge in [-0.2, -0.15) is 18.3 Å². The molecule has 0 atom stereocenters. The summed E-state index contributed by atoms with van der Waals surface area (Å²) in [5, 5.41) is 10.8. The Morgan fingerprint density at radius 1 is 1.29 bits per heavy atom. The summed E-state index contributed by atoms with van der Waals surface area (Å²) in [6.07, 6.45) is -3.00. The van der Waals surface area contributed by atoms with E-state index in [1.807, 2.05) is 0 Å². The van der Waals surface area contributed by atoms with Crippen LogP contribution >= 0.6 is 0 Å². The average molecular weight is 394 g/mol. The van der Waals surface area contributed by atoms with E-state index in [0.29, 0.717) is 33.1 Å². The number of aromatic nitrogens is 4. The molecule has 148 valence electrons. The highest BCUT2D eigenvalue weighted by Gasteiger charge is 2.32. The number of carbonyl (C=O) groups excluding carboxylic acids is 1. The van der Waals surface area contributed by atoms with Gasteiger partial charge in [0.25, 0.3) is 5.91 Å². The van der Waals surface area contributed by atoms with E-state index < -0.39 is 18.6 Å². The van der Waals surface area contributed by atoms with E-state index in [4.69, 9.17) is 4.74 Å². The van der Waals surface area contributed by atoms with Crippen LogP contribution in [0.5, 0.6) is 5.75 Å². The van der Waals surface area contributed by atoms with E-state index in [1.54, 1.807) is 19.1 Å². The van der Waals surface area contributed by atoms with E-state index in [1.165, 1.54) is 19.5 Å². The smallest absolute Gasteiger partial charge is 0.406 e. The number of hydrogen-bond donors (Lipinski definition) is 2. The lowest BCUT2D eigenvalue weighted by Crippen LogP contribution is -2.36. The lowest BCUT2D eigenvalue weighted by atomic mass is 10.2. The summed E-state index contributed by atoms with van der Waals surface area (Å²) >= 11 is 0. The number of carbonyl (C=O) groups is 1. The molecular formula is C17H17F3N6O2. The highest BCUT2D eigenvalue weighted by Crippen LogP contribution is 2.32. The van der Waals surface area contributed by atoms with Crippen LogP contribution in [0.3, 0.4) is 0 Å². The first kappa shape index (κ1) is 19.4. The predicted octanol–water partition coefficient (Wildman–Crippen LogP) is 3.05. The fourth-order valence-electron chi connectivity index (χ4n) is 2.65. The number of rotatable bonds is 5. The summed E-state index contributed by atoms with van der Waals surface area (Å²) < 4.78 is 43.3. The SMILES string of the molecule is COc1cc2nc[nH]c2cc1Nc1nnc(C)cc1C(=O)N(C)CC(F)(F)F. The number of nitrogens with zero attached hydrogens (tertiary/aromatic N) is 4. The van der Waals surface area contributed by atoms with Crippen molar-refractivity contribution in [1.29, 1.82) is 0 Å². The molecular weight excluding hydrogens is 377 g/mol.